The van der Waals surface area contributed by atoms with Crippen molar-refractivity contribution in [2.24, 2.45) is 0 Å². The van der Waals surface area contributed by atoms with E-state index < -0.39 is 16.2 Å². The highest BCUT2D eigenvalue weighted by molar-refractivity contribution is 14.1. The van der Waals surface area contributed by atoms with E-state index in [0.29, 0.717) is 25.7 Å². The molecule has 0 saturated heterocycles. The van der Waals surface area contributed by atoms with E-state index in [4.69, 9.17) is 11.6 Å². The lowest BCUT2D eigenvalue weighted by atomic mass is 10.0. The van der Waals surface area contributed by atoms with Crippen LogP contribution in [0.5, 0.6) is 5.75 Å². The SMILES string of the molecule is C.O=C(c1cc([N+](=O)[O-])ccc1I)N1CC(Cl)c2c1cc(O)c1ncccc21. The molecule has 1 N–H and O–H groups in total. The van der Waals surface area contributed by atoms with Crippen LogP contribution in [-0.4, -0.2) is 27.5 Å². The number of non-ortho nitro benzene ring substituents is 1. The molecule has 0 saturated carbocycles. The van der Waals surface area contributed by atoms with Crippen LogP contribution >= 0.6 is 34.2 Å². The molecule has 2 heterocycles. The molecule has 2 aromatic carbocycles. The number of phenolic OH excluding ortho intramolecular Hbond substituents is 1. The maximum absolute atomic E-state index is 13.1. The third kappa shape index (κ3) is 3.16. The van der Waals surface area contributed by atoms with E-state index in [-0.39, 0.29) is 31.0 Å². The van der Waals surface area contributed by atoms with Crippen molar-refractivity contribution in [3.63, 3.8) is 0 Å². The lowest BCUT2D eigenvalue weighted by molar-refractivity contribution is -0.384. The molecule has 1 atom stereocenters. The van der Waals surface area contributed by atoms with Gasteiger partial charge in [-0.05, 0) is 34.7 Å². The van der Waals surface area contributed by atoms with Gasteiger partial charge in [-0.15, -0.1) is 11.6 Å². The maximum atomic E-state index is 13.1. The standard InChI is InChI=1S/C18H11ClIN3O4.CH4/c19-12-8-22(18(25)11-6-9(23(26)27)3-4-13(11)20)14-7-15(24)17-10(16(12)14)2-1-5-21-17;/h1-7,12,24H,8H2;1H4. The van der Waals surface area contributed by atoms with Gasteiger partial charge in [0, 0.05) is 45.5 Å². The zero-order valence-corrected chi connectivity index (χ0v) is 16.5. The lowest BCUT2D eigenvalue weighted by Gasteiger charge is -2.18. The number of hydrogen-bond donors (Lipinski definition) is 1. The molecule has 144 valence electrons. The van der Waals surface area contributed by atoms with Gasteiger partial charge >= 0.3 is 0 Å². The number of halogens is 2. The number of fused-ring (bicyclic) bond motifs is 3. The normalized spacial score (nSPS) is 15.2. The van der Waals surface area contributed by atoms with E-state index >= 15 is 0 Å². The Hall–Kier alpha value is -2.46. The van der Waals surface area contributed by atoms with Gasteiger partial charge in [-0.1, -0.05) is 13.5 Å². The number of nitro groups is 1. The van der Waals surface area contributed by atoms with Crippen molar-refractivity contribution in [2.45, 2.75) is 12.8 Å². The average molecular weight is 512 g/mol. The van der Waals surface area contributed by atoms with E-state index in [9.17, 15) is 20.0 Å². The van der Waals surface area contributed by atoms with E-state index in [1.807, 2.05) is 22.6 Å². The summed E-state index contributed by atoms with van der Waals surface area (Å²) in [5, 5.41) is 21.6. The van der Waals surface area contributed by atoms with Crippen molar-refractivity contribution < 1.29 is 14.8 Å². The minimum Gasteiger partial charge on any atom is -0.506 e. The van der Waals surface area contributed by atoms with Gasteiger partial charge in [0.05, 0.1) is 21.6 Å². The van der Waals surface area contributed by atoms with Crippen LogP contribution in [0.15, 0.2) is 42.6 Å². The van der Waals surface area contributed by atoms with Crippen LogP contribution in [0.1, 0.15) is 28.7 Å². The summed E-state index contributed by atoms with van der Waals surface area (Å²) in [4.78, 5) is 29.3. The molecule has 0 radical (unpaired) electrons. The third-order valence-corrected chi connectivity index (χ3v) is 5.77. The smallest absolute Gasteiger partial charge is 0.270 e. The fraction of sp³-hybridized carbons (Fsp3) is 0.158. The molecule has 4 rings (SSSR count). The van der Waals surface area contributed by atoms with E-state index in [0.717, 1.165) is 0 Å². The van der Waals surface area contributed by atoms with Gasteiger partial charge in [-0.25, -0.2) is 0 Å². The number of carbonyl (C=O) groups is 1. The summed E-state index contributed by atoms with van der Waals surface area (Å²) >= 11 is 8.47. The Morgan fingerprint density at radius 2 is 2.11 bits per heavy atom. The van der Waals surface area contributed by atoms with Crippen LogP contribution in [-0.2, 0) is 0 Å². The second kappa shape index (κ2) is 7.51. The van der Waals surface area contributed by atoms with Crippen LogP contribution in [0.25, 0.3) is 10.9 Å². The first-order valence-electron chi connectivity index (χ1n) is 7.89. The number of benzene rings is 2. The molecule has 0 fully saturated rings. The first-order valence-corrected chi connectivity index (χ1v) is 9.40. The van der Waals surface area contributed by atoms with Crippen LogP contribution in [0, 0.1) is 13.7 Å². The van der Waals surface area contributed by atoms with E-state index in [1.165, 1.54) is 29.2 Å². The Morgan fingerprint density at radius 3 is 2.82 bits per heavy atom. The van der Waals surface area contributed by atoms with Gasteiger partial charge in [0.1, 0.15) is 11.3 Å². The van der Waals surface area contributed by atoms with Crippen molar-refractivity contribution >= 4 is 62.4 Å². The number of pyridine rings is 1. The number of carbonyl (C=O) groups excluding carboxylic acids is 1. The molecule has 9 heteroatoms. The van der Waals surface area contributed by atoms with E-state index in [2.05, 4.69) is 4.98 Å². The van der Waals surface area contributed by atoms with Crippen molar-refractivity contribution in [1.82, 2.24) is 4.98 Å². The molecule has 0 spiro atoms. The van der Waals surface area contributed by atoms with Gasteiger partial charge in [-0.3, -0.25) is 19.9 Å². The quantitative estimate of drug-likeness (QED) is 0.225. The summed E-state index contributed by atoms with van der Waals surface area (Å²) < 4.78 is 0.592. The molecular formula is C19H15ClIN3O4. The van der Waals surface area contributed by atoms with Crippen molar-refractivity contribution in [1.29, 1.82) is 0 Å². The second-order valence-electron chi connectivity index (χ2n) is 6.03. The molecule has 7 nitrogen and oxygen atoms in total. The first kappa shape index (κ1) is 20.3. The number of amides is 1. The number of aromatic hydroxyl groups is 1. The summed E-state index contributed by atoms with van der Waals surface area (Å²) in [5.41, 5.74) is 1.67. The molecule has 1 aliphatic rings. The van der Waals surface area contributed by atoms with Crippen LogP contribution in [0.4, 0.5) is 11.4 Å². The number of hydrogen-bond acceptors (Lipinski definition) is 5. The van der Waals surface area contributed by atoms with Crippen LogP contribution < -0.4 is 4.90 Å². The zero-order valence-electron chi connectivity index (χ0n) is 13.6. The number of rotatable bonds is 2. The highest BCUT2D eigenvalue weighted by Gasteiger charge is 2.35. The summed E-state index contributed by atoms with van der Waals surface area (Å²) in [6.07, 6.45) is 1.57. The zero-order chi connectivity index (χ0) is 19.3. The predicted molar refractivity (Wildman–Crippen MR) is 116 cm³/mol. The summed E-state index contributed by atoms with van der Waals surface area (Å²) in [6.45, 7) is 0.196. The number of nitro benzene ring substituents is 1. The molecule has 0 bridgehead atoms. The Kier molecular flexibility index (Phi) is 5.44. The molecule has 1 amide bonds. The summed E-state index contributed by atoms with van der Waals surface area (Å²) in [6, 6.07) is 9.14. The number of aromatic nitrogens is 1. The number of nitrogens with zero attached hydrogens (tertiary/aromatic N) is 3. The van der Waals surface area contributed by atoms with Crippen molar-refractivity contribution in [2.75, 3.05) is 11.4 Å². The molecule has 1 unspecified atom stereocenters. The van der Waals surface area contributed by atoms with Gasteiger partial charge in [0.25, 0.3) is 11.6 Å². The van der Waals surface area contributed by atoms with Crippen LogP contribution in [0.2, 0.25) is 0 Å². The topological polar surface area (TPSA) is 96.6 Å². The fourth-order valence-electron chi connectivity index (χ4n) is 3.27. The number of phenols is 1. The molecule has 1 aliphatic heterocycles. The summed E-state index contributed by atoms with van der Waals surface area (Å²) in [5.74, 6) is -0.461. The molecule has 0 aliphatic carbocycles. The Labute approximate surface area is 179 Å². The largest absolute Gasteiger partial charge is 0.506 e. The van der Waals surface area contributed by atoms with E-state index in [1.54, 1.807) is 18.3 Å². The van der Waals surface area contributed by atoms with Gasteiger partial charge in [0.2, 0.25) is 0 Å². The lowest BCUT2D eigenvalue weighted by Crippen LogP contribution is -2.30. The van der Waals surface area contributed by atoms with Gasteiger partial charge in [0.15, 0.2) is 0 Å². The summed E-state index contributed by atoms with van der Waals surface area (Å²) in [7, 11) is 0. The molecule has 28 heavy (non-hydrogen) atoms. The molecular weight excluding hydrogens is 497 g/mol. The monoisotopic (exact) mass is 511 g/mol. The maximum Gasteiger partial charge on any atom is 0.270 e. The average Bonchev–Trinajstić information content (AvgIpc) is 2.98. The highest BCUT2D eigenvalue weighted by Crippen LogP contribution is 2.46. The molecule has 1 aromatic heterocycles. The van der Waals surface area contributed by atoms with Gasteiger partial charge < -0.3 is 10.0 Å². The Balaban J connectivity index is 0.00000225. The number of alkyl halides is 1. The number of anilines is 1. The minimum atomic E-state index is -0.542. The minimum absolute atomic E-state index is 0. The second-order valence-corrected chi connectivity index (χ2v) is 7.72. The van der Waals surface area contributed by atoms with Crippen molar-refractivity contribution in [3.05, 3.63) is 67.4 Å². The highest BCUT2D eigenvalue weighted by atomic mass is 127. The predicted octanol–water partition coefficient (Wildman–Crippen LogP) is 5.03. The Bertz CT molecular complexity index is 1120. The Morgan fingerprint density at radius 1 is 1.36 bits per heavy atom. The third-order valence-electron chi connectivity index (χ3n) is 4.47. The van der Waals surface area contributed by atoms with Gasteiger partial charge in [-0.2, -0.15) is 0 Å². The first-order chi connectivity index (χ1) is 12.9. The molecule has 3 aromatic rings. The van der Waals surface area contributed by atoms with Crippen LogP contribution in [0.3, 0.4) is 0 Å². The fourth-order valence-corrected chi connectivity index (χ4v) is 4.20. The van der Waals surface area contributed by atoms with Crippen molar-refractivity contribution in [3.8, 4) is 5.75 Å².